The summed E-state index contributed by atoms with van der Waals surface area (Å²) < 4.78 is 5.67. The van der Waals surface area contributed by atoms with Gasteiger partial charge in [0.15, 0.2) is 0 Å². The van der Waals surface area contributed by atoms with Gasteiger partial charge in [-0.3, -0.25) is 0 Å². The van der Waals surface area contributed by atoms with Crippen LogP contribution in [0.3, 0.4) is 0 Å². The summed E-state index contributed by atoms with van der Waals surface area (Å²) in [5.41, 5.74) is 5.57. The molecule has 1 aromatic carbocycles. The molecule has 2 heteroatoms. The highest BCUT2D eigenvalue weighted by atomic mass is 16.5. The van der Waals surface area contributed by atoms with Gasteiger partial charge in [-0.15, -0.1) is 0 Å². The van der Waals surface area contributed by atoms with Gasteiger partial charge in [0.2, 0.25) is 0 Å². The van der Waals surface area contributed by atoms with Crippen molar-refractivity contribution < 1.29 is 4.74 Å². The van der Waals surface area contributed by atoms with Crippen LogP contribution in [0, 0.1) is 20.8 Å². The van der Waals surface area contributed by atoms with E-state index in [2.05, 4.69) is 52.1 Å². The normalized spacial score (nSPS) is 12.7. The Hall–Kier alpha value is -0.860. The fourth-order valence-electron chi connectivity index (χ4n) is 2.49. The minimum absolute atomic E-state index is 0.408. The third-order valence-corrected chi connectivity index (χ3v) is 3.80. The third-order valence-electron chi connectivity index (χ3n) is 3.80. The molecule has 0 bridgehead atoms. The Morgan fingerprint density at radius 1 is 0.950 bits per heavy atom. The van der Waals surface area contributed by atoms with E-state index in [1.807, 2.05) is 0 Å². The maximum Gasteiger partial charge on any atom is 0.0484 e. The van der Waals surface area contributed by atoms with Crippen LogP contribution in [-0.2, 0) is 4.74 Å². The second kappa shape index (κ2) is 9.15. The quantitative estimate of drug-likeness (QED) is 0.672. The molecule has 0 radical (unpaired) electrons. The van der Waals surface area contributed by atoms with E-state index in [9.17, 15) is 0 Å². The van der Waals surface area contributed by atoms with Gasteiger partial charge in [-0.1, -0.05) is 26.0 Å². The first-order valence-electron chi connectivity index (χ1n) is 7.99. The highest BCUT2D eigenvalue weighted by molar-refractivity contribution is 5.38. The van der Waals surface area contributed by atoms with Crippen molar-refractivity contribution >= 4 is 0 Å². The van der Waals surface area contributed by atoms with Crippen LogP contribution < -0.4 is 5.32 Å². The van der Waals surface area contributed by atoms with Crippen molar-refractivity contribution in [1.82, 2.24) is 5.32 Å². The highest BCUT2D eigenvalue weighted by Crippen LogP contribution is 2.24. The van der Waals surface area contributed by atoms with Crippen LogP contribution in [0.1, 0.15) is 61.4 Å². The van der Waals surface area contributed by atoms with Crippen LogP contribution in [0.5, 0.6) is 0 Å². The molecule has 0 saturated heterocycles. The van der Waals surface area contributed by atoms with E-state index in [0.717, 1.165) is 39.0 Å². The summed E-state index contributed by atoms with van der Waals surface area (Å²) in [5, 5.41) is 3.67. The molecule has 1 N–H and O–H groups in total. The van der Waals surface area contributed by atoms with Gasteiger partial charge >= 0.3 is 0 Å². The first-order valence-corrected chi connectivity index (χ1v) is 7.99. The SMILES string of the molecule is CCCNC(CCOCCC)c1cc(C)c(C)cc1C. The summed E-state index contributed by atoms with van der Waals surface area (Å²) in [5.74, 6) is 0. The molecule has 0 aliphatic heterocycles. The van der Waals surface area contributed by atoms with Crippen LogP contribution in [0.15, 0.2) is 12.1 Å². The van der Waals surface area contributed by atoms with Crippen molar-refractivity contribution in [2.24, 2.45) is 0 Å². The van der Waals surface area contributed by atoms with Crippen molar-refractivity contribution in [3.63, 3.8) is 0 Å². The molecule has 1 atom stereocenters. The summed E-state index contributed by atoms with van der Waals surface area (Å²) in [6.45, 7) is 13.7. The number of ether oxygens (including phenoxy) is 1. The molecule has 0 aliphatic rings. The fraction of sp³-hybridized carbons (Fsp3) is 0.667. The Labute approximate surface area is 124 Å². The van der Waals surface area contributed by atoms with Crippen molar-refractivity contribution in [1.29, 1.82) is 0 Å². The zero-order valence-electron chi connectivity index (χ0n) is 13.9. The van der Waals surface area contributed by atoms with Crippen molar-refractivity contribution in [3.8, 4) is 0 Å². The van der Waals surface area contributed by atoms with E-state index in [4.69, 9.17) is 4.74 Å². The Morgan fingerprint density at radius 3 is 2.30 bits per heavy atom. The molecule has 0 saturated carbocycles. The Morgan fingerprint density at radius 2 is 1.65 bits per heavy atom. The molecular weight excluding hydrogens is 246 g/mol. The molecule has 0 aliphatic carbocycles. The van der Waals surface area contributed by atoms with Gasteiger partial charge in [-0.25, -0.2) is 0 Å². The topological polar surface area (TPSA) is 21.3 Å². The average molecular weight is 277 g/mol. The Bertz CT molecular complexity index is 401. The highest BCUT2D eigenvalue weighted by Gasteiger charge is 2.14. The van der Waals surface area contributed by atoms with Gasteiger partial charge in [-0.05, 0) is 68.8 Å². The average Bonchev–Trinajstić information content (AvgIpc) is 2.42. The van der Waals surface area contributed by atoms with Crippen LogP contribution in [0.25, 0.3) is 0 Å². The molecule has 0 spiro atoms. The van der Waals surface area contributed by atoms with Crippen molar-refractivity contribution in [2.45, 2.75) is 59.9 Å². The van der Waals surface area contributed by atoms with Crippen molar-refractivity contribution in [2.75, 3.05) is 19.8 Å². The van der Waals surface area contributed by atoms with Crippen LogP contribution in [-0.4, -0.2) is 19.8 Å². The zero-order valence-corrected chi connectivity index (χ0v) is 13.9. The first-order chi connectivity index (χ1) is 9.60. The summed E-state index contributed by atoms with van der Waals surface area (Å²) in [4.78, 5) is 0. The van der Waals surface area contributed by atoms with Gasteiger partial charge in [0.25, 0.3) is 0 Å². The van der Waals surface area contributed by atoms with E-state index < -0.39 is 0 Å². The maximum atomic E-state index is 5.67. The lowest BCUT2D eigenvalue weighted by Crippen LogP contribution is -2.24. The molecular formula is C18H31NO. The largest absolute Gasteiger partial charge is 0.381 e. The second-order valence-electron chi connectivity index (χ2n) is 5.70. The lowest BCUT2D eigenvalue weighted by molar-refractivity contribution is 0.124. The van der Waals surface area contributed by atoms with Gasteiger partial charge < -0.3 is 10.1 Å². The van der Waals surface area contributed by atoms with E-state index in [-0.39, 0.29) is 0 Å². The van der Waals surface area contributed by atoms with Crippen LogP contribution >= 0.6 is 0 Å². The minimum Gasteiger partial charge on any atom is -0.381 e. The number of hydrogen-bond acceptors (Lipinski definition) is 2. The molecule has 114 valence electrons. The Kier molecular flexibility index (Phi) is 7.86. The smallest absolute Gasteiger partial charge is 0.0484 e. The van der Waals surface area contributed by atoms with E-state index in [0.29, 0.717) is 6.04 Å². The monoisotopic (exact) mass is 277 g/mol. The standard InChI is InChI=1S/C18H31NO/c1-6-9-19-18(8-11-20-10-7-2)17-13-15(4)14(3)12-16(17)5/h12-13,18-19H,6-11H2,1-5H3. The van der Waals surface area contributed by atoms with Crippen LogP contribution in [0.2, 0.25) is 0 Å². The molecule has 0 aromatic heterocycles. The predicted octanol–water partition coefficient (Wildman–Crippen LogP) is 4.47. The van der Waals surface area contributed by atoms with Crippen LogP contribution in [0.4, 0.5) is 0 Å². The molecule has 0 fully saturated rings. The minimum atomic E-state index is 0.408. The molecule has 0 heterocycles. The molecule has 20 heavy (non-hydrogen) atoms. The summed E-state index contributed by atoms with van der Waals surface area (Å²) in [6, 6.07) is 5.06. The number of aryl methyl sites for hydroxylation is 3. The number of nitrogens with one attached hydrogen (secondary N) is 1. The lowest BCUT2D eigenvalue weighted by Gasteiger charge is -2.22. The maximum absolute atomic E-state index is 5.67. The lowest BCUT2D eigenvalue weighted by atomic mass is 9.94. The van der Waals surface area contributed by atoms with Gasteiger partial charge in [0, 0.05) is 19.3 Å². The van der Waals surface area contributed by atoms with E-state index in [1.54, 1.807) is 0 Å². The molecule has 2 nitrogen and oxygen atoms in total. The Balaban J connectivity index is 2.78. The molecule has 1 unspecified atom stereocenters. The number of rotatable bonds is 9. The molecule has 1 rings (SSSR count). The predicted molar refractivity (Wildman–Crippen MR) is 87.4 cm³/mol. The summed E-state index contributed by atoms with van der Waals surface area (Å²) >= 11 is 0. The number of hydrogen-bond donors (Lipinski definition) is 1. The molecule has 0 amide bonds. The first kappa shape index (κ1) is 17.2. The second-order valence-corrected chi connectivity index (χ2v) is 5.70. The van der Waals surface area contributed by atoms with E-state index >= 15 is 0 Å². The van der Waals surface area contributed by atoms with Gasteiger partial charge in [-0.2, -0.15) is 0 Å². The summed E-state index contributed by atoms with van der Waals surface area (Å²) in [7, 11) is 0. The number of benzene rings is 1. The van der Waals surface area contributed by atoms with E-state index in [1.165, 1.54) is 22.3 Å². The van der Waals surface area contributed by atoms with Gasteiger partial charge in [0.05, 0.1) is 0 Å². The zero-order chi connectivity index (χ0) is 15.0. The van der Waals surface area contributed by atoms with Crippen molar-refractivity contribution in [3.05, 3.63) is 34.4 Å². The molecule has 1 aromatic rings. The van der Waals surface area contributed by atoms with Gasteiger partial charge in [0.1, 0.15) is 0 Å². The third kappa shape index (κ3) is 5.26. The fourth-order valence-corrected chi connectivity index (χ4v) is 2.49. The summed E-state index contributed by atoms with van der Waals surface area (Å²) in [6.07, 6.45) is 3.30.